The molecule has 3 N–H and O–H groups in total. The molecule has 5 heteroatoms. The number of rotatable bonds is 9. The van der Waals surface area contributed by atoms with E-state index in [0.717, 1.165) is 31.7 Å². The van der Waals surface area contributed by atoms with Crippen LogP contribution in [0.3, 0.4) is 0 Å². The van der Waals surface area contributed by atoms with Crippen LogP contribution in [0.2, 0.25) is 0 Å². The molecule has 118 valence electrons. The van der Waals surface area contributed by atoms with E-state index in [4.69, 9.17) is 15.2 Å². The molecule has 0 spiro atoms. The van der Waals surface area contributed by atoms with Crippen molar-refractivity contribution in [2.24, 2.45) is 5.41 Å². The van der Waals surface area contributed by atoms with Crippen LogP contribution < -0.4 is 15.8 Å². The van der Waals surface area contributed by atoms with Crippen molar-refractivity contribution < 1.29 is 13.9 Å². The number of halogens is 1. The zero-order chi connectivity index (χ0) is 15.3. The summed E-state index contributed by atoms with van der Waals surface area (Å²) in [5.41, 5.74) is 7.35. The molecule has 0 atom stereocenters. The molecule has 21 heavy (non-hydrogen) atoms. The van der Waals surface area contributed by atoms with Crippen LogP contribution in [-0.2, 0) is 4.74 Å². The number of nitrogens with one attached hydrogen (secondary N) is 1. The van der Waals surface area contributed by atoms with Crippen LogP contribution in [0.4, 0.5) is 15.8 Å². The van der Waals surface area contributed by atoms with Gasteiger partial charge in [-0.1, -0.05) is 6.92 Å². The van der Waals surface area contributed by atoms with Crippen LogP contribution in [0.25, 0.3) is 0 Å². The van der Waals surface area contributed by atoms with E-state index in [0.29, 0.717) is 17.7 Å². The zero-order valence-corrected chi connectivity index (χ0v) is 12.9. The fourth-order valence-electron chi connectivity index (χ4n) is 2.34. The van der Waals surface area contributed by atoms with Crippen molar-refractivity contribution in [2.75, 3.05) is 37.9 Å². The Labute approximate surface area is 125 Å². The third kappa shape index (κ3) is 4.24. The molecule has 4 nitrogen and oxygen atoms in total. The Hall–Kier alpha value is -1.49. The summed E-state index contributed by atoms with van der Waals surface area (Å²) in [5, 5.41) is 3.34. The van der Waals surface area contributed by atoms with E-state index >= 15 is 0 Å². The quantitative estimate of drug-likeness (QED) is 0.686. The fourth-order valence-corrected chi connectivity index (χ4v) is 2.34. The summed E-state index contributed by atoms with van der Waals surface area (Å²) in [7, 11) is 1.72. The van der Waals surface area contributed by atoms with Crippen molar-refractivity contribution >= 4 is 11.4 Å². The van der Waals surface area contributed by atoms with Gasteiger partial charge in [-0.3, -0.25) is 0 Å². The van der Waals surface area contributed by atoms with Gasteiger partial charge in [0.15, 0.2) is 11.6 Å². The summed E-state index contributed by atoms with van der Waals surface area (Å²) in [6.07, 6.45) is 4.27. The molecule has 1 fully saturated rings. The Bertz CT molecular complexity index is 476. The van der Waals surface area contributed by atoms with Crippen molar-refractivity contribution in [3.05, 3.63) is 17.9 Å². The highest BCUT2D eigenvalue weighted by Gasteiger charge is 2.41. The van der Waals surface area contributed by atoms with Crippen LogP contribution in [0.15, 0.2) is 12.1 Å². The number of nitrogen functional groups attached to an aromatic ring is 1. The topological polar surface area (TPSA) is 56.5 Å². The first-order valence-electron chi connectivity index (χ1n) is 7.55. The predicted octanol–water partition coefficient (Wildman–Crippen LogP) is 3.43. The highest BCUT2D eigenvalue weighted by molar-refractivity contribution is 5.68. The normalized spacial score (nSPS) is 15.8. The van der Waals surface area contributed by atoms with E-state index < -0.39 is 5.82 Å². The first-order valence-corrected chi connectivity index (χ1v) is 7.55. The maximum Gasteiger partial charge on any atom is 0.167 e. The van der Waals surface area contributed by atoms with Crippen LogP contribution in [0.1, 0.15) is 32.6 Å². The Kier molecular flexibility index (Phi) is 5.28. The van der Waals surface area contributed by atoms with Crippen LogP contribution in [-0.4, -0.2) is 26.9 Å². The molecule has 0 bridgehead atoms. The van der Waals surface area contributed by atoms with Crippen molar-refractivity contribution in [2.45, 2.75) is 32.6 Å². The highest BCUT2D eigenvalue weighted by Crippen LogP contribution is 2.49. The SMILES string of the molecule is CCCOc1cc(NCC2(CCOC)CC2)c(N)cc1F. The molecule has 1 aliphatic carbocycles. The Balaban J connectivity index is 1.99. The first kappa shape index (κ1) is 15.9. The van der Waals surface area contributed by atoms with E-state index in [1.54, 1.807) is 13.2 Å². The second kappa shape index (κ2) is 6.98. The van der Waals surface area contributed by atoms with Gasteiger partial charge in [0, 0.05) is 32.4 Å². The Morgan fingerprint density at radius 1 is 1.33 bits per heavy atom. The summed E-state index contributed by atoms with van der Waals surface area (Å²) in [6, 6.07) is 2.98. The number of benzene rings is 1. The monoisotopic (exact) mass is 296 g/mol. The van der Waals surface area contributed by atoms with Gasteiger partial charge in [0.1, 0.15) is 0 Å². The summed E-state index contributed by atoms with van der Waals surface area (Å²) in [4.78, 5) is 0. The van der Waals surface area contributed by atoms with Crippen LogP contribution >= 0.6 is 0 Å². The molecule has 0 radical (unpaired) electrons. The standard InChI is InChI=1S/C16H25FN2O2/c1-3-7-21-15-10-14(13(18)9-12(15)17)19-11-16(4-5-16)6-8-20-2/h9-10,19H,3-8,11,18H2,1-2H3. The largest absolute Gasteiger partial charge is 0.490 e. The van der Waals surface area contributed by atoms with Crippen LogP contribution in [0.5, 0.6) is 5.75 Å². The molecule has 0 unspecified atom stereocenters. The molecule has 1 aromatic rings. The molecule has 1 saturated carbocycles. The number of hydrogen-bond donors (Lipinski definition) is 2. The highest BCUT2D eigenvalue weighted by atomic mass is 19.1. The molecule has 0 aliphatic heterocycles. The average Bonchev–Trinajstić information content (AvgIpc) is 3.24. The molecule has 0 heterocycles. The lowest BCUT2D eigenvalue weighted by molar-refractivity contribution is 0.175. The summed E-state index contributed by atoms with van der Waals surface area (Å²) in [6.45, 7) is 4.09. The van der Waals surface area contributed by atoms with Gasteiger partial charge in [0.2, 0.25) is 0 Å². The van der Waals surface area contributed by atoms with Crippen LogP contribution in [0, 0.1) is 11.2 Å². The van der Waals surface area contributed by atoms with Gasteiger partial charge in [0.25, 0.3) is 0 Å². The molecular weight excluding hydrogens is 271 g/mol. The number of methoxy groups -OCH3 is 1. The number of anilines is 2. The second-order valence-corrected chi connectivity index (χ2v) is 5.81. The minimum atomic E-state index is -0.410. The van der Waals surface area contributed by atoms with Crippen molar-refractivity contribution in [3.63, 3.8) is 0 Å². The van der Waals surface area contributed by atoms with E-state index in [1.807, 2.05) is 6.92 Å². The van der Waals surface area contributed by atoms with Gasteiger partial charge in [-0.05, 0) is 31.1 Å². The summed E-state index contributed by atoms with van der Waals surface area (Å²) < 4.78 is 24.3. The molecule has 1 aromatic carbocycles. The number of hydrogen-bond acceptors (Lipinski definition) is 4. The van der Waals surface area contributed by atoms with Gasteiger partial charge >= 0.3 is 0 Å². The van der Waals surface area contributed by atoms with E-state index in [2.05, 4.69) is 5.32 Å². The maximum absolute atomic E-state index is 13.8. The molecule has 0 saturated heterocycles. The smallest absolute Gasteiger partial charge is 0.167 e. The number of ether oxygens (including phenoxy) is 2. The van der Waals surface area contributed by atoms with Gasteiger partial charge in [-0.25, -0.2) is 4.39 Å². The van der Waals surface area contributed by atoms with Crippen molar-refractivity contribution in [1.82, 2.24) is 0 Å². The van der Waals surface area contributed by atoms with Gasteiger partial charge in [0.05, 0.1) is 18.0 Å². The lowest BCUT2D eigenvalue weighted by Gasteiger charge is -2.18. The molecule has 0 amide bonds. The third-order valence-electron chi connectivity index (χ3n) is 4.01. The third-order valence-corrected chi connectivity index (χ3v) is 4.01. The van der Waals surface area contributed by atoms with Gasteiger partial charge < -0.3 is 20.5 Å². The molecule has 1 aliphatic rings. The zero-order valence-electron chi connectivity index (χ0n) is 12.9. The van der Waals surface area contributed by atoms with E-state index in [9.17, 15) is 4.39 Å². The average molecular weight is 296 g/mol. The minimum Gasteiger partial charge on any atom is -0.490 e. The molecule has 0 aromatic heterocycles. The van der Waals surface area contributed by atoms with Crippen molar-refractivity contribution in [3.8, 4) is 5.75 Å². The van der Waals surface area contributed by atoms with Gasteiger partial charge in [-0.2, -0.15) is 0 Å². The predicted molar refractivity (Wildman–Crippen MR) is 83.2 cm³/mol. The molecular formula is C16H25FN2O2. The summed E-state index contributed by atoms with van der Waals surface area (Å²) in [5.74, 6) is -0.151. The van der Waals surface area contributed by atoms with E-state index in [1.165, 1.54) is 18.9 Å². The first-order chi connectivity index (χ1) is 10.1. The minimum absolute atomic E-state index is 0.260. The Morgan fingerprint density at radius 2 is 2.10 bits per heavy atom. The van der Waals surface area contributed by atoms with Gasteiger partial charge in [-0.15, -0.1) is 0 Å². The Morgan fingerprint density at radius 3 is 2.71 bits per heavy atom. The fraction of sp³-hybridized carbons (Fsp3) is 0.625. The second-order valence-electron chi connectivity index (χ2n) is 5.81. The van der Waals surface area contributed by atoms with E-state index in [-0.39, 0.29) is 5.75 Å². The lowest BCUT2D eigenvalue weighted by atomic mass is 10.0. The number of nitrogens with two attached hydrogens (primary N) is 1. The summed E-state index contributed by atoms with van der Waals surface area (Å²) >= 11 is 0. The lowest BCUT2D eigenvalue weighted by Crippen LogP contribution is -2.18. The maximum atomic E-state index is 13.8. The molecule has 2 rings (SSSR count). The van der Waals surface area contributed by atoms with Crippen molar-refractivity contribution in [1.29, 1.82) is 0 Å².